The Kier molecular flexibility index (Phi) is 5.96. The number of hydrogen-bond acceptors (Lipinski definition) is 5. The number of ether oxygens (including phenoxy) is 1. The number of aromatic nitrogens is 2. The molecule has 1 amide bonds. The van der Waals surface area contributed by atoms with Gasteiger partial charge in [-0.3, -0.25) is 9.48 Å². The van der Waals surface area contributed by atoms with E-state index < -0.39 is 15.9 Å². The Morgan fingerprint density at radius 3 is 2.79 bits per heavy atom. The number of amides is 1. The molecule has 0 saturated heterocycles. The van der Waals surface area contributed by atoms with Gasteiger partial charge in [0.1, 0.15) is 10.6 Å². The summed E-state index contributed by atoms with van der Waals surface area (Å²) in [6.07, 6.45) is 2.33. The molecule has 0 unspecified atom stereocenters. The van der Waals surface area contributed by atoms with Gasteiger partial charge >= 0.3 is 0 Å². The number of nitrogens with one attached hydrogen (secondary N) is 1. The molecule has 0 aliphatic heterocycles. The maximum Gasteiger partial charge on any atom is 0.248 e. The molecule has 3 aromatic rings. The van der Waals surface area contributed by atoms with Crippen LogP contribution in [-0.2, 0) is 16.6 Å². The van der Waals surface area contributed by atoms with Crippen LogP contribution in [0.15, 0.2) is 53.6 Å². The van der Waals surface area contributed by atoms with Gasteiger partial charge in [-0.1, -0.05) is 18.2 Å². The van der Waals surface area contributed by atoms with Crippen molar-refractivity contribution in [1.29, 1.82) is 0 Å². The van der Waals surface area contributed by atoms with Crippen LogP contribution < -0.4 is 15.2 Å². The van der Waals surface area contributed by atoms with E-state index in [9.17, 15) is 13.2 Å². The standard InChI is InChI=1S/C19H22N4O4S/c1-2-27-17-9-8-14(19(20)24)12-18(17)28(25,26)22-10-5-11-23-16-7-4-3-6-15(16)13-21-23/h3-4,6-9,12-13,22H,2,5,10-11H2,1H3,(H2,20,24). The monoisotopic (exact) mass is 402 g/mol. The average Bonchev–Trinajstić information content (AvgIpc) is 3.09. The molecule has 3 N–H and O–H groups in total. The molecule has 8 nitrogen and oxygen atoms in total. The number of nitrogens with zero attached hydrogens (tertiary/aromatic N) is 2. The Hall–Kier alpha value is -2.91. The number of benzene rings is 2. The second-order valence-electron chi connectivity index (χ2n) is 6.14. The van der Waals surface area contributed by atoms with E-state index in [-0.39, 0.29) is 22.8 Å². The quantitative estimate of drug-likeness (QED) is 0.530. The molecular weight excluding hydrogens is 380 g/mol. The van der Waals surface area contributed by atoms with Crippen LogP contribution in [0.1, 0.15) is 23.7 Å². The Morgan fingerprint density at radius 2 is 2.04 bits per heavy atom. The van der Waals surface area contributed by atoms with Crippen LogP contribution in [0.2, 0.25) is 0 Å². The molecule has 0 bridgehead atoms. The number of carbonyl (C=O) groups is 1. The van der Waals surface area contributed by atoms with Gasteiger partial charge < -0.3 is 10.5 Å². The fourth-order valence-electron chi connectivity index (χ4n) is 2.86. The van der Waals surface area contributed by atoms with Crippen LogP contribution in [-0.4, -0.2) is 37.3 Å². The summed E-state index contributed by atoms with van der Waals surface area (Å²) < 4.78 is 35.2. The molecule has 0 fully saturated rings. The summed E-state index contributed by atoms with van der Waals surface area (Å²) in [4.78, 5) is 11.3. The molecular formula is C19H22N4O4S. The van der Waals surface area contributed by atoms with Gasteiger partial charge in [-0.2, -0.15) is 5.10 Å². The van der Waals surface area contributed by atoms with Crippen LogP contribution in [0.3, 0.4) is 0 Å². The first-order chi connectivity index (χ1) is 13.4. The molecule has 1 heterocycles. The normalized spacial score (nSPS) is 11.6. The van der Waals surface area contributed by atoms with E-state index in [2.05, 4.69) is 9.82 Å². The smallest absolute Gasteiger partial charge is 0.248 e. The van der Waals surface area contributed by atoms with Gasteiger partial charge in [0.15, 0.2) is 0 Å². The molecule has 9 heteroatoms. The van der Waals surface area contributed by atoms with E-state index in [1.54, 1.807) is 13.1 Å². The molecule has 0 aliphatic carbocycles. The van der Waals surface area contributed by atoms with Crippen molar-refractivity contribution in [1.82, 2.24) is 14.5 Å². The van der Waals surface area contributed by atoms with E-state index in [0.29, 0.717) is 19.6 Å². The first-order valence-electron chi connectivity index (χ1n) is 8.89. The fraction of sp³-hybridized carbons (Fsp3) is 0.263. The van der Waals surface area contributed by atoms with E-state index in [4.69, 9.17) is 10.5 Å². The molecule has 148 valence electrons. The molecule has 1 aromatic heterocycles. The van der Waals surface area contributed by atoms with Crippen molar-refractivity contribution in [2.75, 3.05) is 13.2 Å². The van der Waals surface area contributed by atoms with Crippen molar-refractivity contribution in [2.45, 2.75) is 24.8 Å². The predicted molar refractivity (Wildman–Crippen MR) is 106 cm³/mol. The van der Waals surface area contributed by atoms with Crippen LogP contribution in [0, 0.1) is 0 Å². The number of para-hydroxylation sites is 1. The highest BCUT2D eigenvalue weighted by atomic mass is 32.2. The molecule has 0 saturated carbocycles. The maximum atomic E-state index is 12.7. The largest absolute Gasteiger partial charge is 0.492 e. The van der Waals surface area contributed by atoms with Crippen molar-refractivity contribution in [2.24, 2.45) is 5.73 Å². The van der Waals surface area contributed by atoms with Crippen molar-refractivity contribution in [3.8, 4) is 5.75 Å². The van der Waals surface area contributed by atoms with Crippen molar-refractivity contribution in [3.05, 3.63) is 54.2 Å². The molecule has 28 heavy (non-hydrogen) atoms. The molecule has 3 rings (SSSR count). The molecule has 0 atom stereocenters. The predicted octanol–water partition coefficient (Wildman–Crippen LogP) is 1.90. The second-order valence-corrected chi connectivity index (χ2v) is 7.87. The lowest BCUT2D eigenvalue weighted by Crippen LogP contribution is -2.26. The van der Waals surface area contributed by atoms with Crippen LogP contribution in [0.5, 0.6) is 5.75 Å². The van der Waals surface area contributed by atoms with Gasteiger partial charge in [0.05, 0.1) is 18.3 Å². The topological polar surface area (TPSA) is 116 Å². The fourth-order valence-corrected chi connectivity index (χ4v) is 4.11. The van der Waals surface area contributed by atoms with Crippen molar-refractivity contribution < 1.29 is 17.9 Å². The zero-order chi connectivity index (χ0) is 20.1. The van der Waals surface area contributed by atoms with Gasteiger partial charge in [0.25, 0.3) is 0 Å². The zero-order valence-electron chi connectivity index (χ0n) is 15.5. The van der Waals surface area contributed by atoms with Gasteiger partial charge in [0, 0.05) is 24.0 Å². The third-order valence-electron chi connectivity index (χ3n) is 4.21. The lowest BCUT2D eigenvalue weighted by Gasteiger charge is -2.13. The van der Waals surface area contributed by atoms with Crippen LogP contribution in [0.25, 0.3) is 10.9 Å². The number of aryl methyl sites for hydroxylation is 1. The lowest BCUT2D eigenvalue weighted by molar-refractivity contribution is 0.1000. The number of carbonyl (C=O) groups excluding carboxylic acids is 1. The maximum absolute atomic E-state index is 12.7. The summed E-state index contributed by atoms with van der Waals surface area (Å²) >= 11 is 0. The Bertz CT molecular complexity index is 1090. The van der Waals surface area contributed by atoms with E-state index in [0.717, 1.165) is 10.9 Å². The first kappa shape index (κ1) is 19.8. The average molecular weight is 402 g/mol. The lowest BCUT2D eigenvalue weighted by atomic mass is 10.2. The van der Waals surface area contributed by atoms with Gasteiger partial charge in [-0.15, -0.1) is 0 Å². The summed E-state index contributed by atoms with van der Waals surface area (Å²) in [5.74, 6) is -0.525. The van der Waals surface area contributed by atoms with Crippen LogP contribution in [0.4, 0.5) is 0 Å². The summed E-state index contributed by atoms with van der Waals surface area (Å²) in [6, 6.07) is 11.9. The first-order valence-corrected chi connectivity index (χ1v) is 10.4. The molecule has 2 aromatic carbocycles. The minimum Gasteiger partial charge on any atom is -0.492 e. The number of primary amides is 1. The number of sulfonamides is 1. The summed E-state index contributed by atoms with van der Waals surface area (Å²) in [5, 5.41) is 5.36. The van der Waals surface area contributed by atoms with Gasteiger partial charge in [0.2, 0.25) is 15.9 Å². The Balaban J connectivity index is 1.69. The highest BCUT2D eigenvalue weighted by Crippen LogP contribution is 2.25. The third kappa shape index (κ3) is 4.32. The van der Waals surface area contributed by atoms with E-state index >= 15 is 0 Å². The van der Waals surface area contributed by atoms with E-state index in [1.165, 1.54) is 18.2 Å². The molecule has 0 spiro atoms. The highest BCUT2D eigenvalue weighted by Gasteiger charge is 2.21. The Morgan fingerprint density at radius 1 is 1.25 bits per heavy atom. The summed E-state index contributed by atoms with van der Waals surface area (Å²) in [5.41, 5.74) is 6.37. The van der Waals surface area contributed by atoms with Gasteiger partial charge in [-0.25, -0.2) is 13.1 Å². The van der Waals surface area contributed by atoms with Crippen LogP contribution >= 0.6 is 0 Å². The highest BCUT2D eigenvalue weighted by molar-refractivity contribution is 7.89. The van der Waals surface area contributed by atoms with Gasteiger partial charge in [-0.05, 0) is 37.6 Å². The third-order valence-corrected chi connectivity index (χ3v) is 5.69. The minimum atomic E-state index is -3.87. The number of hydrogen-bond donors (Lipinski definition) is 2. The number of rotatable bonds is 9. The summed E-state index contributed by atoms with van der Waals surface area (Å²) in [7, 11) is -3.87. The van der Waals surface area contributed by atoms with Crippen molar-refractivity contribution >= 4 is 26.8 Å². The number of nitrogens with two attached hydrogens (primary N) is 1. The minimum absolute atomic E-state index is 0.102. The molecule has 0 aliphatic rings. The Labute approximate surface area is 163 Å². The molecule has 0 radical (unpaired) electrons. The van der Waals surface area contributed by atoms with E-state index in [1.807, 2.05) is 28.9 Å². The number of fused-ring (bicyclic) bond motifs is 1. The van der Waals surface area contributed by atoms with Crippen molar-refractivity contribution in [3.63, 3.8) is 0 Å². The second kappa shape index (κ2) is 8.41. The SMILES string of the molecule is CCOc1ccc(C(N)=O)cc1S(=O)(=O)NCCCn1ncc2ccccc21. The zero-order valence-corrected chi connectivity index (χ0v) is 16.3. The summed E-state index contributed by atoms with van der Waals surface area (Å²) in [6.45, 7) is 2.82.